The van der Waals surface area contributed by atoms with Crippen LogP contribution in [-0.4, -0.2) is 60.6 Å². The second kappa shape index (κ2) is 7.11. The maximum Gasteiger partial charge on any atom is 0.260 e. The number of benzene rings is 1. The minimum absolute atomic E-state index is 0.0164. The van der Waals surface area contributed by atoms with E-state index < -0.39 is 6.10 Å². The largest absolute Gasteiger partial charge is 0.482 e. The van der Waals surface area contributed by atoms with Crippen molar-refractivity contribution < 1.29 is 14.6 Å². The van der Waals surface area contributed by atoms with Crippen molar-refractivity contribution in [1.29, 1.82) is 0 Å². The van der Waals surface area contributed by atoms with Gasteiger partial charge in [0.1, 0.15) is 5.75 Å². The van der Waals surface area contributed by atoms with Crippen LogP contribution >= 0.6 is 11.6 Å². The Hall–Kier alpha value is -1.30. The molecule has 0 radical (unpaired) electrons. The lowest BCUT2D eigenvalue weighted by Crippen LogP contribution is -2.48. The van der Waals surface area contributed by atoms with Gasteiger partial charge in [-0.1, -0.05) is 17.7 Å². The maximum absolute atomic E-state index is 12.1. The Balaban J connectivity index is 1.89. The number of piperazine rings is 1. The van der Waals surface area contributed by atoms with Gasteiger partial charge in [-0.15, -0.1) is 0 Å². The summed E-state index contributed by atoms with van der Waals surface area (Å²) in [7, 11) is 2.04. The van der Waals surface area contributed by atoms with Gasteiger partial charge in [-0.2, -0.15) is 0 Å². The SMILES string of the molecule is C[C@@H](O)c1ccc(OCC(=O)N2CCN(C)CC2)c(Cl)c1. The van der Waals surface area contributed by atoms with Crippen molar-refractivity contribution in [2.45, 2.75) is 13.0 Å². The maximum atomic E-state index is 12.1. The molecule has 1 aromatic carbocycles. The van der Waals surface area contributed by atoms with Crippen LogP contribution in [0, 0.1) is 0 Å². The second-order valence-electron chi connectivity index (χ2n) is 5.34. The van der Waals surface area contributed by atoms with Crippen molar-refractivity contribution in [1.82, 2.24) is 9.80 Å². The number of hydrogen-bond acceptors (Lipinski definition) is 4. The quantitative estimate of drug-likeness (QED) is 0.916. The molecule has 0 aliphatic carbocycles. The molecule has 116 valence electrons. The molecule has 1 saturated heterocycles. The summed E-state index contributed by atoms with van der Waals surface area (Å²) < 4.78 is 5.49. The van der Waals surface area contributed by atoms with Gasteiger partial charge in [0.25, 0.3) is 5.91 Å². The van der Waals surface area contributed by atoms with Crippen molar-refractivity contribution in [2.75, 3.05) is 39.8 Å². The fourth-order valence-electron chi connectivity index (χ4n) is 2.18. The third-order valence-corrected chi connectivity index (χ3v) is 3.94. The normalized spacial score (nSPS) is 17.6. The summed E-state index contributed by atoms with van der Waals surface area (Å²) in [5, 5.41) is 9.89. The molecule has 1 fully saturated rings. The van der Waals surface area contributed by atoms with E-state index in [9.17, 15) is 9.90 Å². The molecular formula is C15H21ClN2O3. The average molecular weight is 313 g/mol. The van der Waals surface area contributed by atoms with Crippen LogP contribution in [0.5, 0.6) is 5.75 Å². The summed E-state index contributed by atoms with van der Waals surface area (Å²) in [6, 6.07) is 5.08. The van der Waals surface area contributed by atoms with E-state index in [0.717, 1.165) is 31.7 Å². The summed E-state index contributed by atoms with van der Waals surface area (Å²) in [6.07, 6.45) is -0.580. The summed E-state index contributed by atoms with van der Waals surface area (Å²) in [5.74, 6) is 0.433. The molecule has 1 aromatic rings. The van der Waals surface area contributed by atoms with Gasteiger partial charge in [0.05, 0.1) is 11.1 Å². The van der Waals surface area contributed by atoms with Gasteiger partial charge in [0.2, 0.25) is 0 Å². The highest BCUT2D eigenvalue weighted by Gasteiger charge is 2.19. The first-order valence-corrected chi connectivity index (χ1v) is 7.42. The molecule has 0 aromatic heterocycles. The number of nitrogens with zero attached hydrogens (tertiary/aromatic N) is 2. The van der Waals surface area contributed by atoms with Crippen molar-refractivity contribution in [3.8, 4) is 5.75 Å². The number of aliphatic hydroxyl groups excluding tert-OH is 1. The Labute approximate surface area is 130 Å². The molecular weight excluding hydrogens is 292 g/mol. The molecule has 1 amide bonds. The van der Waals surface area contributed by atoms with Gasteiger partial charge in [-0.25, -0.2) is 0 Å². The third kappa shape index (κ3) is 4.33. The van der Waals surface area contributed by atoms with Crippen molar-refractivity contribution in [2.24, 2.45) is 0 Å². The van der Waals surface area contributed by atoms with Crippen LogP contribution in [0.15, 0.2) is 18.2 Å². The molecule has 1 heterocycles. The smallest absolute Gasteiger partial charge is 0.260 e. The fourth-order valence-corrected chi connectivity index (χ4v) is 2.42. The lowest BCUT2D eigenvalue weighted by atomic mass is 10.1. The van der Waals surface area contributed by atoms with E-state index >= 15 is 0 Å². The molecule has 0 spiro atoms. The molecule has 0 saturated carbocycles. The molecule has 0 bridgehead atoms. The first-order chi connectivity index (χ1) is 9.97. The number of halogens is 1. The summed E-state index contributed by atoms with van der Waals surface area (Å²) >= 11 is 6.09. The molecule has 1 N–H and O–H groups in total. The Bertz CT molecular complexity index is 500. The number of likely N-dealkylation sites (N-methyl/N-ethyl adjacent to an activating group) is 1. The van der Waals surface area contributed by atoms with E-state index in [4.69, 9.17) is 16.3 Å². The van der Waals surface area contributed by atoms with E-state index in [1.807, 2.05) is 7.05 Å². The van der Waals surface area contributed by atoms with Gasteiger partial charge < -0.3 is 19.6 Å². The summed E-state index contributed by atoms with van der Waals surface area (Å²) in [6.45, 7) is 4.88. The minimum Gasteiger partial charge on any atom is -0.482 e. The Morgan fingerprint density at radius 1 is 1.38 bits per heavy atom. The van der Waals surface area contributed by atoms with Crippen molar-refractivity contribution in [3.05, 3.63) is 28.8 Å². The lowest BCUT2D eigenvalue weighted by molar-refractivity contribution is -0.134. The molecule has 21 heavy (non-hydrogen) atoms. The van der Waals surface area contributed by atoms with Crippen molar-refractivity contribution in [3.63, 3.8) is 0 Å². The number of ether oxygens (including phenoxy) is 1. The lowest BCUT2D eigenvalue weighted by Gasteiger charge is -2.32. The predicted octanol–water partition coefficient (Wildman–Crippen LogP) is 1.55. The van der Waals surface area contributed by atoms with Crippen LogP contribution in [0.25, 0.3) is 0 Å². The molecule has 6 heteroatoms. The van der Waals surface area contributed by atoms with Gasteiger partial charge in [-0.05, 0) is 31.7 Å². The summed E-state index contributed by atoms with van der Waals surface area (Å²) in [4.78, 5) is 16.1. The molecule has 1 aliphatic heterocycles. The van der Waals surface area contributed by atoms with Gasteiger partial charge in [0.15, 0.2) is 6.61 Å². The average Bonchev–Trinajstić information content (AvgIpc) is 2.46. The number of aliphatic hydroxyl groups is 1. The zero-order valence-electron chi connectivity index (χ0n) is 12.4. The van der Waals surface area contributed by atoms with Crippen LogP contribution in [-0.2, 0) is 4.79 Å². The molecule has 1 aliphatic rings. The Morgan fingerprint density at radius 3 is 2.62 bits per heavy atom. The van der Waals surface area contributed by atoms with E-state index in [-0.39, 0.29) is 12.5 Å². The first kappa shape index (κ1) is 16.1. The van der Waals surface area contributed by atoms with E-state index in [1.54, 1.807) is 30.0 Å². The summed E-state index contributed by atoms with van der Waals surface area (Å²) in [5.41, 5.74) is 0.720. The highest BCUT2D eigenvalue weighted by molar-refractivity contribution is 6.32. The highest BCUT2D eigenvalue weighted by atomic mass is 35.5. The van der Waals surface area contributed by atoms with Crippen LogP contribution in [0.3, 0.4) is 0 Å². The number of carbonyl (C=O) groups is 1. The zero-order valence-corrected chi connectivity index (χ0v) is 13.1. The van der Waals surface area contributed by atoms with Crippen LogP contribution in [0.4, 0.5) is 0 Å². The fraction of sp³-hybridized carbons (Fsp3) is 0.533. The minimum atomic E-state index is -0.580. The standard InChI is InChI=1S/C15H21ClN2O3/c1-11(19)12-3-4-14(13(16)9-12)21-10-15(20)18-7-5-17(2)6-8-18/h3-4,9,11,19H,5-8,10H2,1-2H3/t11-/m1/s1. The zero-order chi connectivity index (χ0) is 15.4. The van der Waals surface area contributed by atoms with Gasteiger partial charge >= 0.3 is 0 Å². The number of carbonyl (C=O) groups excluding carboxylic acids is 1. The monoisotopic (exact) mass is 312 g/mol. The highest BCUT2D eigenvalue weighted by Crippen LogP contribution is 2.27. The van der Waals surface area contributed by atoms with Crippen LogP contribution < -0.4 is 4.74 Å². The molecule has 1 atom stereocenters. The van der Waals surface area contributed by atoms with Gasteiger partial charge in [0, 0.05) is 26.2 Å². The molecule has 0 unspecified atom stereocenters. The van der Waals surface area contributed by atoms with Gasteiger partial charge in [-0.3, -0.25) is 4.79 Å². The molecule has 2 rings (SSSR count). The topological polar surface area (TPSA) is 53.0 Å². The number of rotatable bonds is 4. The third-order valence-electron chi connectivity index (χ3n) is 3.65. The van der Waals surface area contributed by atoms with Crippen LogP contribution in [0.1, 0.15) is 18.6 Å². The van der Waals surface area contributed by atoms with E-state index in [0.29, 0.717) is 10.8 Å². The van der Waals surface area contributed by atoms with Crippen molar-refractivity contribution >= 4 is 17.5 Å². The second-order valence-corrected chi connectivity index (χ2v) is 5.75. The Kier molecular flexibility index (Phi) is 5.45. The number of hydrogen-bond donors (Lipinski definition) is 1. The van der Waals surface area contributed by atoms with E-state index in [2.05, 4.69) is 4.90 Å². The van der Waals surface area contributed by atoms with Crippen LogP contribution in [0.2, 0.25) is 5.02 Å². The first-order valence-electron chi connectivity index (χ1n) is 7.04. The predicted molar refractivity (Wildman–Crippen MR) is 81.7 cm³/mol. The molecule has 5 nitrogen and oxygen atoms in total. The Morgan fingerprint density at radius 2 is 2.05 bits per heavy atom. The number of amides is 1. The van der Waals surface area contributed by atoms with E-state index in [1.165, 1.54) is 0 Å².